The Hall–Kier alpha value is -4.17. The van der Waals surface area contributed by atoms with Crippen LogP contribution in [0.1, 0.15) is 59.9 Å². The summed E-state index contributed by atoms with van der Waals surface area (Å²) >= 11 is 0. The highest BCUT2D eigenvalue weighted by molar-refractivity contribution is 5.85. The Morgan fingerprint density at radius 3 is 2.00 bits per heavy atom. The third-order valence-electron chi connectivity index (χ3n) is 9.00. The van der Waals surface area contributed by atoms with E-state index < -0.39 is 59.5 Å². The first-order valence-corrected chi connectivity index (χ1v) is 15.5. The normalized spacial score (nSPS) is 19.2. The second-order valence-corrected chi connectivity index (χ2v) is 12.5. The van der Waals surface area contributed by atoms with Crippen LogP contribution in [-0.2, 0) is 38.1 Å². The van der Waals surface area contributed by atoms with Crippen LogP contribution in [0.4, 0.5) is 30.7 Å². The van der Waals surface area contributed by atoms with Crippen LogP contribution >= 0.6 is 0 Å². The number of benzene rings is 2. The zero-order valence-electron chi connectivity index (χ0n) is 26.7. The van der Waals surface area contributed by atoms with Gasteiger partial charge in [-0.15, -0.1) is 0 Å². The van der Waals surface area contributed by atoms with Crippen LogP contribution in [0.3, 0.4) is 0 Å². The van der Waals surface area contributed by atoms with E-state index in [-0.39, 0.29) is 55.4 Å². The zero-order valence-corrected chi connectivity index (χ0v) is 26.7. The van der Waals surface area contributed by atoms with Gasteiger partial charge in [0, 0.05) is 64.4 Å². The number of aryl methyl sites for hydroxylation is 1. The van der Waals surface area contributed by atoms with E-state index in [1.165, 1.54) is 32.2 Å². The molecule has 48 heavy (non-hydrogen) atoms. The van der Waals surface area contributed by atoms with E-state index in [2.05, 4.69) is 5.32 Å². The lowest BCUT2D eigenvalue weighted by molar-refractivity contribution is -0.145. The predicted octanol–water partition coefficient (Wildman–Crippen LogP) is 5.14. The third kappa shape index (κ3) is 8.84. The first kappa shape index (κ1) is 36.7. The van der Waals surface area contributed by atoms with Crippen molar-refractivity contribution in [2.45, 2.75) is 57.9 Å². The van der Waals surface area contributed by atoms with Crippen LogP contribution in [-0.4, -0.2) is 78.1 Å². The Labute approximate surface area is 273 Å². The maximum absolute atomic E-state index is 14.0. The molecule has 2 aliphatic rings. The summed E-state index contributed by atoms with van der Waals surface area (Å²) in [7, 11) is 1.29. The molecule has 0 bridgehead atoms. The fourth-order valence-electron chi connectivity index (χ4n) is 6.51. The molecule has 0 radical (unpaired) electrons. The molecule has 0 unspecified atom stereocenters. The smallest absolute Gasteiger partial charge is 0.347 e. The first-order chi connectivity index (χ1) is 22.3. The van der Waals surface area contributed by atoms with E-state index in [0.717, 1.165) is 4.90 Å². The van der Waals surface area contributed by atoms with Gasteiger partial charge in [0.15, 0.2) is 0 Å². The van der Waals surface area contributed by atoms with Crippen LogP contribution < -0.4 is 5.32 Å². The Kier molecular flexibility index (Phi) is 11.1. The summed E-state index contributed by atoms with van der Waals surface area (Å²) < 4.78 is 94.7. The molecule has 0 aliphatic carbocycles. The summed E-state index contributed by atoms with van der Waals surface area (Å²) in [6.07, 6.45) is -9.14. The molecule has 4 amide bonds. The number of piperidine rings is 2. The van der Waals surface area contributed by atoms with Gasteiger partial charge in [0.05, 0.1) is 17.7 Å². The van der Waals surface area contributed by atoms with Crippen molar-refractivity contribution in [1.29, 1.82) is 0 Å². The highest BCUT2D eigenvalue weighted by Gasteiger charge is 2.41. The van der Waals surface area contributed by atoms with Crippen molar-refractivity contribution >= 4 is 23.6 Å². The zero-order chi connectivity index (χ0) is 35.6. The van der Waals surface area contributed by atoms with Gasteiger partial charge in [-0.2, -0.15) is 26.3 Å². The second kappa shape index (κ2) is 14.5. The van der Waals surface area contributed by atoms with Gasteiger partial charge in [-0.05, 0) is 73.2 Å². The molecule has 2 aliphatic heterocycles. The topological polar surface area (TPSA) is 90.0 Å². The predicted molar refractivity (Wildman–Crippen MR) is 159 cm³/mol. The number of alkyl halides is 6. The highest BCUT2D eigenvalue weighted by Crippen LogP contribution is 2.39. The van der Waals surface area contributed by atoms with Crippen LogP contribution in [0, 0.1) is 24.6 Å². The van der Waals surface area contributed by atoms with Crippen molar-refractivity contribution in [2.75, 3.05) is 39.8 Å². The molecule has 0 aromatic heterocycles. The average Bonchev–Trinajstić information content (AvgIpc) is 3.01. The molecule has 15 heteroatoms. The number of hydrogen-bond donors (Lipinski definition) is 1. The largest absolute Gasteiger partial charge is 0.416 e. The van der Waals surface area contributed by atoms with Crippen LogP contribution in [0.25, 0.3) is 0 Å². The first-order valence-electron chi connectivity index (χ1n) is 15.5. The SMILES string of the molecule is CC(=O)NCC(=O)N1CCC(C(=O)N2CC[C@@H](C(=O)N(C)Cc3cc(C(F)(F)F)cc(C(F)(F)F)c3)[C@H](c3ccc(F)cc3C)C2)CC1. The lowest BCUT2D eigenvalue weighted by Gasteiger charge is -2.42. The Morgan fingerprint density at radius 1 is 0.875 bits per heavy atom. The lowest BCUT2D eigenvalue weighted by Crippen LogP contribution is -2.51. The summed E-state index contributed by atoms with van der Waals surface area (Å²) in [6.45, 7) is 3.18. The number of hydrogen-bond acceptors (Lipinski definition) is 4. The van der Waals surface area contributed by atoms with Gasteiger partial charge >= 0.3 is 12.4 Å². The Bertz CT molecular complexity index is 1500. The molecule has 2 aromatic rings. The standard InChI is InChI=1S/C33H37F7N4O4/c1-19-12-25(34)4-5-26(19)28-18-44(30(47)22-6-9-43(10-7-22)29(46)16-41-20(2)45)11-8-27(28)31(48)42(3)17-21-13-23(32(35,36)37)15-24(14-21)33(38,39)40/h4-5,12-15,22,27-28H,6-11,16-18H2,1-3H3,(H,41,45)/t27-,28+/m1/s1. The van der Waals surface area contributed by atoms with E-state index in [4.69, 9.17) is 0 Å². The van der Waals surface area contributed by atoms with Gasteiger partial charge in [0.2, 0.25) is 23.6 Å². The minimum Gasteiger partial charge on any atom is -0.347 e. The van der Waals surface area contributed by atoms with Crippen molar-refractivity contribution in [1.82, 2.24) is 20.0 Å². The molecule has 4 rings (SSSR count). The number of nitrogens with zero attached hydrogens (tertiary/aromatic N) is 3. The van der Waals surface area contributed by atoms with Gasteiger partial charge in [-0.25, -0.2) is 4.39 Å². The fraction of sp³-hybridized carbons (Fsp3) is 0.515. The third-order valence-corrected chi connectivity index (χ3v) is 9.00. The molecule has 1 N–H and O–H groups in total. The van der Waals surface area contributed by atoms with Gasteiger partial charge in [-0.1, -0.05) is 6.07 Å². The quantitative estimate of drug-likeness (QED) is 0.409. The molecule has 262 valence electrons. The van der Waals surface area contributed by atoms with Crippen molar-refractivity contribution < 1.29 is 49.9 Å². The van der Waals surface area contributed by atoms with Crippen molar-refractivity contribution in [3.05, 3.63) is 70.0 Å². The maximum Gasteiger partial charge on any atom is 0.416 e. The summed E-state index contributed by atoms with van der Waals surface area (Å²) in [5, 5.41) is 2.46. The molecule has 2 heterocycles. The van der Waals surface area contributed by atoms with E-state index in [1.54, 1.807) is 16.7 Å². The lowest BCUT2D eigenvalue weighted by atomic mass is 9.77. The number of amides is 4. The molecule has 0 spiro atoms. The van der Waals surface area contributed by atoms with Gasteiger partial charge in [-0.3, -0.25) is 19.2 Å². The van der Waals surface area contributed by atoms with Crippen LogP contribution in [0.15, 0.2) is 36.4 Å². The molecule has 2 fully saturated rings. The monoisotopic (exact) mass is 686 g/mol. The molecule has 2 saturated heterocycles. The van der Waals surface area contributed by atoms with E-state index in [0.29, 0.717) is 49.2 Å². The summed E-state index contributed by atoms with van der Waals surface area (Å²) in [5.41, 5.74) is -2.20. The molecule has 2 atom stereocenters. The molecular formula is C33H37F7N4O4. The van der Waals surface area contributed by atoms with Crippen molar-refractivity contribution in [2.24, 2.45) is 11.8 Å². The Morgan fingerprint density at radius 2 is 1.46 bits per heavy atom. The minimum atomic E-state index is -5.04. The van der Waals surface area contributed by atoms with E-state index in [1.807, 2.05) is 0 Å². The van der Waals surface area contributed by atoms with Crippen molar-refractivity contribution in [3.63, 3.8) is 0 Å². The fourth-order valence-corrected chi connectivity index (χ4v) is 6.51. The molecular weight excluding hydrogens is 649 g/mol. The second-order valence-electron chi connectivity index (χ2n) is 12.5. The molecule has 2 aromatic carbocycles. The summed E-state index contributed by atoms with van der Waals surface area (Å²) in [6, 6.07) is 5.23. The van der Waals surface area contributed by atoms with E-state index >= 15 is 0 Å². The van der Waals surface area contributed by atoms with Crippen molar-refractivity contribution in [3.8, 4) is 0 Å². The molecule has 8 nitrogen and oxygen atoms in total. The summed E-state index contributed by atoms with van der Waals surface area (Å²) in [4.78, 5) is 55.3. The molecule has 0 saturated carbocycles. The maximum atomic E-state index is 14.0. The Balaban J connectivity index is 1.52. The average molecular weight is 687 g/mol. The van der Waals surface area contributed by atoms with Gasteiger partial charge in [0.25, 0.3) is 0 Å². The number of nitrogens with one attached hydrogen (secondary N) is 1. The highest BCUT2D eigenvalue weighted by atomic mass is 19.4. The number of likely N-dealkylation sites (tertiary alicyclic amines) is 2. The number of carbonyl (C=O) groups is 4. The number of carbonyl (C=O) groups excluding carboxylic acids is 4. The van der Waals surface area contributed by atoms with Gasteiger partial charge in [0.1, 0.15) is 5.82 Å². The van der Waals surface area contributed by atoms with E-state index in [9.17, 15) is 49.9 Å². The van der Waals surface area contributed by atoms with Gasteiger partial charge < -0.3 is 20.0 Å². The summed E-state index contributed by atoms with van der Waals surface area (Å²) in [5.74, 6) is -3.64. The minimum absolute atomic E-state index is 0.0267. The van der Waals surface area contributed by atoms with Crippen LogP contribution in [0.5, 0.6) is 0 Å². The number of rotatable bonds is 7. The number of halogens is 7. The van der Waals surface area contributed by atoms with Crippen LogP contribution in [0.2, 0.25) is 0 Å².